The van der Waals surface area contributed by atoms with Gasteiger partial charge < -0.3 is 4.57 Å². The molecule has 3 aromatic rings. The number of imidazole rings is 1. The van der Waals surface area contributed by atoms with Crippen LogP contribution in [-0.4, -0.2) is 30.4 Å². The minimum Gasteiger partial charge on any atom is -0.306 e. The summed E-state index contributed by atoms with van der Waals surface area (Å²) in [7, 11) is 0. The van der Waals surface area contributed by atoms with E-state index >= 15 is 0 Å². The minimum absolute atomic E-state index is 0.585. The molecule has 4 rings (SSSR count). The Bertz CT molecular complexity index is 803. The highest BCUT2D eigenvalue weighted by molar-refractivity contribution is 7.99. The number of aromatic nitrogens is 5. The molecule has 21 heavy (non-hydrogen) atoms. The second-order valence-corrected chi connectivity index (χ2v) is 6.77. The first-order valence-electron chi connectivity index (χ1n) is 6.87. The van der Waals surface area contributed by atoms with Crippen LogP contribution in [-0.2, 0) is 13.0 Å². The van der Waals surface area contributed by atoms with Crippen molar-refractivity contribution in [3.63, 3.8) is 0 Å². The first kappa shape index (κ1) is 13.0. The smallest absolute Gasteiger partial charge is 0.197 e. The molecule has 3 aromatic heterocycles. The molecule has 6 nitrogen and oxygen atoms in total. The van der Waals surface area contributed by atoms with Crippen molar-refractivity contribution in [3.8, 4) is 0 Å². The molecule has 1 aliphatic heterocycles. The van der Waals surface area contributed by atoms with Crippen LogP contribution in [0.1, 0.15) is 35.6 Å². The van der Waals surface area contributed by atoms with Gasteiger partial charge in [0.25, 0.3) is 0 Å². The van der Waals surface area contributed by atoms with E-state index in [4.69, 9.17) is 0 Å². The standard InChI is InChI=1S/C13H13N5OS2/c19-8-9-11(14-12-17(9)6-7-20-12)21-13-16-15-10-4-2-1-3-5-18(10)13/h6-8H,1-5H2. The summed E-state index contributed by atoms with van der Waals surface area (Å²) in [5, 5.41) is 12.0. The monoisotopic (exact) mass is 319 g/mol. The molecule has 0 spiro atoms. The largest absolute Gasteiger partial charge is 0.306 e. The number of aldehydes is 1. The number of carbonyl (C=O) groups is 1. The van der Waals surface area contributed by atoms with Crippen molar-refractivity contribution in [3.05, 3.63) is 23.1 Å². The van der Waals surface area contributed by atoms with Crippen LogP contribution in [0.25, 0.3) is 4.96 Å². The van der Waals surface area contributed by atoms with E-state index in [1.165, 1.54) is 35.9 Å². The Hall–Kier alpha value is -1.67. The van der Waals surface area contributed by atoms with Gasteiger partial charge in [0, 0.05) is 24.5 Å². The predicted molar refractivity (Wildman–Crippen MR) is 80.2 cm³/mol. The van der Waals surface area contributed by atoms with E-state index in [2.05, 4.69) is 19.7 Å². The Labute approximate surface area is 129 Å². The van der Waals surface area contributed by atoms with Crippen LogP contribution in [0, 0.1) is 0 Å². The van der Waals surface area contributed by atoms with Crippen LogP contribution in [0.3, 0.4) is 0 Å². The van der Waals surface area contributed by atoms with Gasteiger partial charge in [0.2, 0.25) is 0 Å². The van der Waals surface area contributed by atoms with E-state index in [0.717, 1.165) is 41.6 Å². The van der Waals surface area contributed by atoms with Crippen molar-refractivity contribution < 1.29 is 4.79 Å². The van der Waals surface area contributed by atoms with E-state index in [9.17, 15) is 4.79 Å². The lowest BCUT2D eigenvalue weighted by molar-refractivity contribution is 0.111. The Balaban J connectivity index is 1.73. The number of nitrogens with zero attached hydrogens (tertiary/aromatic N) is 5. The van der Waals surface area contributed by atoms with Crippen LogP contribution >= 0.6 is 23.1 Å². The zero-order chi connectivity index (χ0) is 14.2. The van der Waals surface area contributed by atoms with E-state index in [1.54, 1.807) is 0 Å². The quantitative estimate of drug-likeness (QED) is 0.694. The first-order valence-corrected chi connectivity index (χ1v) is 8.57. The Morgan fingerprint density at radius 2 is 2.24 bits per heavy atom. The fourth-order valence-electron chi connectivity index (χ4n) is 2.59. The molecule has 0 bridgehead atoms. The summed E-state index contributed by atoms with van der Waals surface area (Å²) in [5.41, 5.74) is 0.585. The maximum Gasteiger partial charge on any atom is 0.197 e. The maximum atomic E-state index is 11.4. The van der Waals surface area contributed by atoms with Crippen LogP contribution in [0.2, 0.25) is 0 Å². The predicted octanol–water partition coefficient (Wildman–Crippen LogP) is 2.68. The topological polar surface area (TPSA) is 65.1 Å². The molecule has 1 aliphatic rings. The van der Waals surface area contributed by atoms with Crippen molar-refractivity contribution in [1.29, 1.82) is 0 Å². The van der Waals surface area contributed by atoms with E-state index in [1.807, 2.05) is 16.0 Å². The SMILES string of the molecule is O=Cc1c(Sc2nnc3n2CCCCC3)nc2sccn12. The second-order valence-electron chi connectivity index (χ2n) is 4.94. The Kier molecular flexibility index (Phi) is 3.27. The van der Waals surface area contributed by atoms with Gasteiger partial charge in [-0.1, -0.05) is 6.42 Å². The van der Waals surface area contributed by atoms with Gasteiger partial charge >= 0.3 is 0 Å². The average Bonchev–Trinajstić information content (AvgIpc) is 3.10. The highest BCUT2D eigenvalue weighted by Crippen LogP contribution is 2.31. The first-order chi connectivity index (χ1) is 10.4. The third-order valence-electron chi connectivity index (χ3n) is 3.64. The number of carbonyl (C=O) groups excluding carboxylic acids is 1. The van der Waals surface area contributed by atoms with Gasteiger partial charge in [0.1, 0.15) is 16.5 Å². The van der Waals surface area contributed by atoms with Gasteiger partial charge in [-0.15, -0.1) is 21.5 Å². The summed E-state index contributed by atoms with van der Waals surface area (Å²) in [6.07, 6.45) is 7.25. The van der Waals surface area contributed by atoms with E-state index in [0.29, 0.717) is 10.7 Å². The Morgan fingerprint density at radius 3 is 3.14 bits per heavy atom. The van der Waals surface area contributed by atoms with E-state index < -0.39 is 0 Å². The van der Waals surface area contributed by atoms with Crippen molar-refractivity contribution >= 4 is 34.3 Å². The number of thiazole rings is 1. The number of rotatable bonds is 3. The van der Waals surface area contributed by atoms with Crippen molar-refractivity contribution in [1.82, 2.24) is 24.1 Å². The lowest BCUT2D eigenvalue weighted by Crippen LogP contribution is -2.02. The number of aryl methyl sites for hydroxylation is 1. The molecular weight excluding hydrogens is 306 g/mol. The van der Waals surface area contributed by atoms with Gasteiger partial charge in [-0.3, -0.25) is 9.20 Å². The summed E-state index contributed by atoms with van der Waals surface area (Å²) in [6.45, 7) is 0.948. The van der Waals surface area contributed by atoms with Crippen molar-refractivity contribution in [2.45, 2.75) is 42.4 Å². The van der Waals surface area contributed by atoms with Crippen molar-refractivity contribution in [2.75, 3.05) is 0 Å². The molecule has 8 heteroatoms. The summed E-state index contributed by atoms with van der Waals surface area (Å²) in [4.78, 5) is 16.7. The number of hydrogen-bond acceptors (Lipinski definition) is 6. The molecule has 0 amide bonds. The lowest BCUT2D eigenvalue weighted by atomic mass is 10.2. The van der Waals surface area contributed by atoms with Gasteiger partial charge in [-0.05, 0) is 24.6 Å². The molecule has 0 saturated carbocycles. The minimum atomic E-state index is 0.585. The molecular formula is C13H13N5OS2. The maximum absolute atomic E-state index is 11.4. The number of fused-ring (bicyclic) bond motifs is 2. The molecule has 108 valence electrons. The third-order valence-corrected chi connectivity index (χ3v) is 5.38. The van der Waals surface area contributed by atoms with E-state index in [-0.39, 0.29) is 0 Å². The fourth-order valence-corrected chi connectivity index (χ4v) is 4.31. The van der Waals surface area contributed by atoms with Gasteiger partial charge in [-0.25, -0.2) is 4.98 Å². The summed E-state index contributed by atoms with van der Waals surface area (Å²) in [6, 6.07) is 0. The summed E-state index contributed by atoms with van der Waals surface area (Å²) in [5.74, 6) is 1.05. The van der Waals surface area contributed by atoms with Crippen LogP contribution in [0.15, 0.2) is 21.8 Å². The van der Waals surface area contributed by atoms with Crippen LogP contribution in [0.5, 0.6) is 0 Å². The van der Waals surface area contributed by atoms with Crippen LogP contribution in [0.4, 0.5) is 0 Å². The van der Waals surface area contributed by atoms with Gasteiger partial charge in [-0.2, -0.15) is 0 Å². The number of hydrogen-bond donors (Lipinski definition) is 0. The lowest BCUT2D eigenvalue weighted by Gasteiger charge is -2.05. The van der Waals surface area contributed by atoms with Gasteiger partial charge in [0.05, 0.1) is 0 Å². The zero-order valence-corrected chi connectivity index (χ0v) is 12.9. The molecule has 0 saturated heterocycles. The second kappa shape index (κ2) is 5.27. The third kappa shape index (κ3) is 2.18. The fraction of sp³-hybridized carbons (Fsp3) is 0.385. The summed E-state index contributed by atoms with van der Waals surface area (Å²) >= 11 is 2.95. The molecule has 0 atom stereocenters. The highest BCUT2D eigenvalue weighted by atomic mass is 32.2. The molecule has 0 aromatic carbocycles. The molecule has 4 heterocycles. The zero-order valence-electron chi connectivity index (χ0n) is 11.2. The van der Waals surface area contributed by atoms with Crippen molar-refractivity contribution in [2.24, 2.45) is 0 Å². The molecule has 0 radical (unpaired) electrons. The molecule has 0 N–H and O–H groups in total. The Morgan fingerprint density at radius 1 is 1.29 bits per heavy atom. The average molecular weight is 319 g/mol. The van der Waals surface area contributed by atoms with Gasteiger partial charge in [0.15, 0.2) is 16.4 Å². The molecule has 0 fully saturated rings. The van der Waals surface area contributed by atoms with Crippen LogP contribution < -0.4 is 0 Å². The molecule has 0 aliphatic carbocycles. The normalized spacial score (nSPS) is 15.0. The molecule has 0 unspecified atom stereocenters. The summed E-state index contributed by atoms with van der Waals surface area (Å²) < 4.78 is 3.99. The highest BCUT2D eigenvalue weighted by Gasteiger charge is 2.20.